The van der Waals surface area contributed by atoms with E-state index in [-0.39, 0.29) is 11.8 Å². The van der Waals surface area contributed by atoms with Crippen molar-refractivity contribution >= 4 is 17.1 Å². The molecule has 0 saturated carbocycles. The Morgan fingerprint density at radius 1 is 1.31 bits per heavy atom. The van der Waals surface area contributed by atoms with Crippen LogP contribution in [0.2, 0.25) is 0 Å². The van der Waals surface area contributed by atoms with Gasteiger partial charge in [0.1, 0.15) is 11.3 Å². The maximum atomic E-state index is 12.7. The predicted octanol–water partition coefficient (Wildman–Crippen LogP) is 2.10. The Kier molecular flexibility index (Phi) is 4.62. The van der Waals surface area contributed by atoms with Gasteiger partial charge in [0.25, 0.3) is 5.91 Å². The smallest absolute Gasteiger partial charge is 0.255 e. The summed E-state index contributed by atoms with van der Waals surface area (Å²) < 4.78 is 7.38. The summed E-state index contributed by atoms with van der Waals surface area (Å²) in [4.78, 5) is 27.9. The maximum Gasteiger partial charge on any atom is 0.255 e. The molecular weight excluding hydrogens is 330 g/mol. The second-order valence-electron chi connectivity index (χ2n) is 6.44. The first-order valence-corrected chi connectivity index (χ1v) is 8.77. The summed E-state index contributed by atoms with van der Waals surface area (Å²) >= 11 is 0. The van der Waals surface area contributed by atoms with E-state index in [0.717, 1.165) is 30.0 Å². The third-order valence-corrected chi connectivity index (χ3v) is 4.80. The van der Waals surface area contributed by atoms with E-state index < -0.39 is 0 Å². The van der Waals surface area contributed by atoms with Crippen molar-refractivity contribution in [3.8, 4) is 0 Å². The molecule has 1 unspecified atom stereocenters. The number of carbonyl (C=O) groups excluding carboxylic acids is 1. The number of likely N-dealkylation sites (tertiary alicyclic amines) is 1. The molecule has 1 atom stereocenters. The number of amides is 1. The lowest BCUT2D eigenvalue weighted by atomic mass is 10.1. The van der Waals surface area contributed by atoms with Gasteiger partial charge in [-0.2, -0.15) is 0 Å². The van der Waals surface area contributed by atoms with Crippen molar-refractivity contribution in [2.75, 3.05) is 26.8 Å². The van der Waals surface area contributed by atoms with Crippen molar-refractivity contribution in [1.29, 1.82) is 0 Å². The number of methoxy groups -OCH3 is 1. The van der Waals surface area contributed by atoms with E-state index in [4.69, 9.17) is 9.72 Å². The third kappa shape index (κ3) is 3.06. The van der Waals surface area contributed by atoms with Crippen molar-refractivity contribution in [2.45, 2.75) is 18.9 Å². The molecule has 0 bridgehead atoms. The van der Waals surface area contributed by atoms with Crippen LogP contribution in [0.4, 0.5) is 0 Å². The minimum Gasteiger partial charge on any atom is -0.383 e. The number of imidazole rings is 1. The highest BCUT2D eigenvalue weighted by Crippen LogP contribution is 2.29. The summed E-state index contributed by atoms with van der Waals surface area (Å²) in [6.07, 6.45) is 5.97. The fourth-order valence-corrected chi connectivity index (χ4v) is 3.52. The number of nitrogens with zero attached hydrogens (tertiary/aromatic N) is 5. The van der Waals surface area contributed by atoms with Crippen molar-refractivity contribution < 1.29 is 9.53 Å². The number of hydrogen-bond donors (Lipinski definition) is 0. The molecule has 1 aliphatic rings. The summed E-state index contributed by atoms with van der Waals surface area (Å²) in [6, 6.07) is 7.46. The standard InChI is InChI=1S/C19H21N5O2/c1-26-11-10-24-17(22-16-5-3-8-21-18(16)24)15-6-9-23(13-15)19(25)14-4-2-7-20-12-14/h2-5,7-8,12,15H,6,9-11,13H2,1H3. The second kappa shape index (κ2) is 7.21. The number of rotatable bonds is 5. The lowest BCUT2D eigenvalue weighted by Crippen LogP contribution is -2.28. The number of fused-ring (bicyclic) bond motifs is 1. The van der Waals surface area contributed by atoms with Crippen LogP contribution < -0.4 is 0 Å². The molecule has 1 saturated heterocycles. The van der Waals surface area contributed by atoms with Gasteiger partial charge in [0.05, 0.1) is 12.2 Å². The summed E-state index contributed by atoms with van der Waals surface area (Å²) in [5, 5.41) is 0. The number of hydrogen-bond acceptors (Lipinski definition) is 5. The van der Waals surface area contributed by atoms with Gasteiger partial charge in [-0.1, -0.05) is 0 Å². The second-order valence-corrected chi connectivity index (χ2v) is 6.44. The largest absolute Gasteiger partial charge is 0.383 e. The van der Waals surface area contributed by atoms with E-state index in [1.165, 1.54) is 0 Å². The van der Waals surface area contributed by atoms with Crippen molar-refractivity contribution in [1.82, 2.24) is 24.4 Å². The lowest BCUT2D eigenvalue weighted by molar-refractivity contribution is 0.0790. The van der Waals surface area contributed by atoms with Gasteiger partial charge in [-0.15, -0.1) is 0 Å². The highest BCUT2D eigenvalue weighted by molar-refractivity contribution is 5.94. The van der Waals surface area contributed by atoms with Gasteiger partial charge in [-0.05, 0) is 30.7 Å². The van der Waals surface area contributed by atoms with E-state index >= 15 is 0 Å². The highest BCUT2D eigenvalue weighted by atomic mass is 16.5. The molecule has 1 aliphatic heterocycles. The molecule has 3 aromatic heterocycles. The summed E-state index contributed by atoms with van der Waals surface area (Å²) in [5.41, 5.74) is 2.38. The first-order valence-electron chi connectivity index (χ1n) is 8.77. The predicted molar refractivity (Wildman–Crippen MR) is 96.9 cm³/mol. The summed E-state index contributed by atoms with van der Waals surface area (Å²) in [7, 11) is 1.69. The Morgan fingerprint density at radius 2 is 2.19 bits per heavy atom. The maximum absolute atomic E-state index is 12.7. The van der Waals surface area contributed by atoms with E-state index in [0.29, 0.717) is 25.3 Å². The van der Waals surface area contributed by atoms with Crippen LogP contribution >= 0.6 is 0 Å². The van der Waals surface area contributed by atoms with Crippen molar-refractivity contribution in [3.63, 3.8) is 0 Å². The Hall–Kier alpha value is -2.80. The molecule has 0 aromatic carbocycles. The molecule has 7 heteroatoms. The summed E-state index contributed by atoms with van der Waals surface area (Å²) in [6.45, 7) is 2.68. The average Bonchev–Trinajstić information content (AvgIpc) is 3.31. The topological polar surface area (TPSA) is 73.1 Å². The molecule has 3 aromatic rings. The van der Waals surface area contributed by atoms with Crippen LogP contribution in [-0.4, -0.2) is 57.1 Å². The third-order valence-electron chi connectivity index (χ3n) is 4.80. The fourth-order valence-electron chi connectivity index (χ4n) is 3.52. The number of aromatic nitrogens is 4. The van der Waals surface area contributed by atoms with Gasteiger partial charge in [-0.3, -0.25) is 9.78 Å². The van der Waals surface area contributed by atoms with E-state index in [2.05, 4.69) is 14.5 Å². The molecule has 0 N–H and O–H groups in total. The van der Waals surface area contributed by atoms with Crippen LogP contribution in [0.5, 0.6) is 0 Å². The lowest BCUT2D eigenvalue weighted by Gasteiger charge is -2.17. The van der Waals surface area contributed by atoms with Gasteiger partial charge in [0, 0.05) is 51.3 Å². The van der Waals surface area contributed by atoms with Crippen LogP contribution in [0, 0.1) is 0 Å². The number of ether oxygens (including phenoxy) is 1. The molecular formula is C19H21N5O2. The van der Waals surface area contributed by atoms with Crippen molar-refractivity contribution in [2.24, 2.45) is 0 Å². The van der Waals surface area contributed by atoms with Gasteiger partial charge in [0.2, 0.25) is 0 Å². The molecule has 134 valence electrons. The zero-order chi connectivity index (χ0) is 17.9. The first kappa shape index (κ1) is 16.7. The van der Waals surface area contributed by atoms with E-state index in [1.54, 1.807) is 37.8 Å². The SMILES string of the molecule is COCCn1c(C2CCN(C(=O)c3cccnc3)C2)nc2cccnc21. The molecule has 1 fully saturated rings. The molecule has 0 aliphatic carbocycles. The molecule has 26 heavy (non-hydrogen) atoms. The van der Waals surface area contributed by atoms with Gasteiger partial charge >= 0.3 is 0 Å². The van der Waals surface area contributed by atoms with Crippen molar-refractivity contribution in [3.05, 3.63) is 54.2 Å². The minimum absolute atomic E-state index is 0.0262. The molecule has 7 nitrogen and oxygen atoms in total. The summed E-state index contributed by atoms with van der Waals surface area (Å²) in [5.74, 6) is 1.21. The monoisotopic (exact) mass is 351 g/mol. The molecule has 0 spiro atoms. The van der Waals surface area contributed by atoms with E-state index in [1.807, 2.05) is 17.0 Å². The average molecular weight is 351 g/mol. The molecule has 4 heterocycles. The van der Waals surface area contributed by atoms with Crippen LogP contribution in [0.3, 0.4) is 0 Å². The molecule has 4 rings (SSSR count). The van der Waals surface area contributed by atoms with Crippen LogP contribution in [0.25, 0.3) is 11.2 Å². The zero-order valence-electron chi connectivity index (χ0n) is 14.7. The highest BCUT2D eigenvalue weighted by Gasteiger charge is 2.31. The Morgan fingerprint density at radius 3 is 3.00 bits per heavy atom. The Balaban J connectivity index is 1.59. The number of pyridine rings is 2. The molecule has 1 amide bonds. The normalized spacial score (nSPS) is 17.1. The quantitative estimate of drug-likeness (QED) is 0.704. The Labute approximate surface area is 151 Å². The first-order chi connectivity index (χ1) is 12.8. The van der Waals surface area contributed by atoms with Crippen LogP contribution in [-0.2, 0) is 11.3 Å². The van der Waals surface area contributed by atoms with E-state index in [9.17, 15) is 4.79 Å². The molecule has 0 radical (unpaired) electrons. The Bertz CT molecular complexity index is 909. The minimum atomic E-state index is 0.0262. The van der Waals surface area contributed by atoms with Crippen LogP contribution in [0.15, 0.2) is 42.9 Å². The van der Waals surface area contributed by atoms with Gasteiger partial charge < -0.3 is 14.2 Å². The zero-order valence-corrected chi connectivity index (χ0v) is 14.7. The van der Waals surface area contributed by atoms with Gasteiger partial charge in [0.15, 0.2) is 5.65 Å². The van der Waals surface area contributed by atoms with Gasteiger partial charge in [-0.25, -0.2) is 9.97 Å². The van der Waals surface area contributed by atoms with Crippen LogP contribution in [0.1, 0.15) is 28.5 Å². The fraction of sp³-hybridized carbons (Fsp3) is 0.368. The number of carbonyl (C=O) groups is 1.